The second-order valence-electron chi connectivity index (χ2n) is 5.38. The van der Waals surface area contributed by atoms with Crippen molar-refractivity contribution in [1.29, 1.82) is 0 Å². The number of hydrogen-bond donors (Lipinski definition) is 1. The van der Waals surface area contributed by atoms with E-state index >= 15 is 0 Å². The zero-order valence-electron chi connectivity index (χ0n) is 13.6. The number of methoxy groups -OCH3 is 1. The van der Waals surface area contributed by atoms with Crippen LogP contribution in [0.2, 0.25) is 5.02 Å². The number of nitrogens with zero attached hydrogens (tertiary/aromatic N) is 3. The molecular weight excluding hydrogens is 324 g/mol. The second-order valence-corrected chi connectivity index (χ2v) is 5.78. The van der Waals surface area contributed by atoms with Gasteiger partial charge in [-0.15, -0.1) is 0 Å². The van der Waals surface area contributed by atoms with Crippen LogP contribution in [-0.4, -0.2) is 21.9 Å². The Morgan fingerprint density at radius 3 is 2.50 bits per heavy atom. The van der Waals surface area contributed by atoms with Gasteiger partial charge in [-0.05, 0) is 17.7 Å². The Kier molecular flexibility index (Phi) is 5.13. The molecule has 124 valence electrons. The first kappa shape index (κ1) is 16.5. The van der Waals surface area contributed by atoms with E-state index in [2.05, 4.69) is 15.4 Å². The topological polar surface area (TPSA) is 52.0 Å². The molecule has 0 fully saturated rings. The van der Waals surface area contributed by atoms with Crippen LogP contribution in [0.5, 0.6) is 5.75 Å². The van der Waals surface area contributed by atoms with E-state index in [4.69, 9.17) is 16.3 Å². The van der Waals surface area contributed by atoms with Crippen LogP contribution in [0, 0.1) is 0 Å². The number of nitrogens with one attached hydrogen (secondary N) is 1. The van der Waals surface area contributed by atoms with Gasteiger partial charge in [0, 0.05) is 17.6 Å². The third-order valence-electron chi connectivity index (χ3n) is 3.94. The molecule has 0 saturated heterocycles. The molecule has 0 amide bonds. The fourth-order valence-corrected chi connectivity index (χ4v) is 2.92. The van der Waals surface area contributed by atoms with Crippen LogP contribution in [0.4, 0.5) is 0 Å². The molecule has 0 aliphatic carbocycles. The third kappa shape index (κ3) is 3.42. The molecule has 0 aliphatic heterocycles. The molecule has 3 aromatic rings. The van der Waals surface area contributed by atoms with Gasteiger partial charge in [-0.25, -0.2) is 4.98 Å². The summed E-state index contributed by atoms with van der Waals surface area (Å²) < 4.78 is 7.28. The Morgan fingerprint density at radius 1 is 1.12 bits per heavy atom. The zero-order chi connectivity index (χ0) is 16.9. The maximum Gasteiger partial charge on any atom is 0.140 e. The quantitative estimate of drug-likeness (QED) is 0.746. The number of hydrogen-bond acceptors (Lipinski definition) is 4. The first-order valence-corrected chi connectivity index (χ1v) is 8.02. The van der Waals surface area contributed by atoms with E-state index in [1.165, 1.54) is 0 Å². The predicted octanol–water partition coefficient (Wildman–Crippen LogP) is 3.36. The van der Waals surface area contributed by atoms with E-state index in [0.717, 1.165) is 22.7 Å². The largest absolute Gasteiger partial charge is 0.496 e. The van der Waals surface area contributed by atoms with Crippen molar-refractivity contribution in [1.82, 2.24) is 20.1 Å². The summed E-state index contributed by atoms with van der Waals surface area (Å²) in [5.41, 5.74) is 2.01. The van der Waals surface area contributed by atoms with Gasteiger partial charge >= 0.3 is 0 Å². The molecule has 3 rings (SSSR count). The molecule has 0 aliphatic rings. The highest BCUT2D eigenvalue weighted by molar-refractivity contribution is 6.31. The molecule has 2 aromatic carbocycles. The molecular formula is C18H19ClN4O. The minimum Gasteiger partial charge on any atom is -0.496 e. The molecule has 1 aromatic heterocycles. The summed E-state index contributed by atoms with van der Waals surface area (Å²) in [7, 11) is 3.54. The van der Waals surface area contributed by atoms with E-state index in [1.807, 2.05) is 55.6 Å². The lowest BCUT2D eigenvalue weighted by atomic mass is 9.97. The van der Waals surface area contributed by atoms with Gasteiger partial charge in [-0.2, -0.15) is 5.10 Å². The Bertz CT molecular complexity index is 818. The molecule has 1 atom stereocenters. The van der Waals surface area contributed by atoms with E-state index in [9.17, 15) is 0 Å². The first-order valence-electron chi connectivity index (χ1n) is 7.64. The maximum atomic E-state index is 6.44. The normalized spacial score (nSPS) is 12.1. The van der Waals surface area contributed by atoms with Crippen LogP contribution in [0.3, 0.4) is 0 Å². The van der Waals surface area contributed by atoms with Crippen molar-refractivity contribution in [2.24, 2.45) is 7.05 Å². The van der Waals surface area contributed by atoms with Gasteiger partial charge in [0.2, 0.25) is 0 Å². The van der Waals surface area contributed by atoms with E-state index < -0.39 is 0 Å². The number of rotatable bonds is 6. The number of aromatic nitrogens is 3. The van der Waals surface area contributed by atoms with Crippen LogP contribution in [0.15, 0.2) is 54.9 Å². The third-order valence-corrected chi connectivity index (χ3v) is 4.28. The summed E-state index contributed by atoms with van der Waals surface area (Å²) in [6, 6.07) is 15.6. The molecule has 6 heteroatoms. The van der Waals surface area contributed by atoms with E-state index in [-0.39, 0.29) is 6.04 Å². The van der Waals surface area contributed by atoms with Gasteiger partial charge in [0.05, 0.1) is 19.7 Å². The Morgan fingerprint density at radius 2 is 1.83 bits per heavy atom. The summed E-state index contributed by atoms with van der Waals surface area (Å²) in [5, 5.41) is 8.34. The van der Waals surface area contributed by atoms with Crippen LogP contribution in [0.1, 0.15) is 23.0 Å². The van der Waals surface area contributed by atoms with Crippen molar-refractivity contribution in [3.05, 3.63) is 76.8 Å². The summed E-state index contributed by atoms with van der Waals surface area (Å²) >= 11 is 6.44. The lowest BCUT2D eigenvalue weighted by molar-refractivity contribution is 0.403. The number of ether oxygens (including phenoxy) is 1. The average molecular weight is 343 g/mol. The Labute approximate surface area is 146 Å². The molecule has 0 saturated carbocycles. The monoisotopic (exact) mass is 342 g/mol. The van der Waals surface area contributed by atoms with Crippen molar-refractivity contribution in [2.45, 2.75) is 12.6 Å². The number of benzene rings is 2. The van der Waals surface area contributed by atoms with E-state index in [1.54, 1.807) is 18.1 Å². The minimum atomic E-state index is -0.119. The SMILES string of the molecule is COc1ccccc1C(NCc1ncnn1C)c1ccccc1Cl. The molecule has 0 radical (unpaired) electrons. The maximum absolute atomic E-state index is 6.44. The fourth-order valence-electron chi connectivity index (χ4n) is 2.68. The van der Waals surface area contributed by atoms with Crippen molar-refractivity contribution >= 4 is 11.6 Å². The minimum absolute atomic E-state index is 0.119. The summed E-state index contributed by atoms with van der Waals surface area (Å²) in [4.78, 5) is 4.27. The lowest BCUT2D eigenvalue weighted by Gasteiger charge is -2.22. The molecule has 1 unspecified atom stereocenters. The molecule has 0 spiro atoms. The smallest absolute Gasteiger partial charge is 0.140 e. The lowest BCUT2D eigenvalue weighted by Crippen LogP contribution is -2.24. The Balaban J connectivity index is 1.98. The number of para-hydroxylation sites is 1. The van der Waals surface area contributed by atoms with Crippen LogP contribution < -0.4 is 10.1 Å². The molecule has 24 heavy (non-hydrogen) atoms. The molecule has 0 bridgehead atoms. The van der Waals surface area contributed by atoms with Gasteiger partial charge in [0.1, 0.15) is 17.9 Å². The van der Waals surface area contributed by atoms with Gasteiger partial charge in [-0.3, -0.25) is 10.00 Å². The van der Waals surface area contributed by atoms with Crippen molar-refractivity contribution in [2.75, 3.05) is 7.11 Å². The average Bonchev–Trinajstić information content (AvgIpc) is 3.02. The molecule has 1 N–H and O–H groups in total. The highest BCUT2D eigenvalue weighted by Crippen LogP contribution is 2.33. The van der Waals surface area contributed by atoms with Gasteiger partial charge < -0.3 is 4.74 Å². The predicted molar refractivity (Wildman–Crippen MR) is 94.1 cm³/mol. The van der Waals surface area contributed by atoms with Crippen LogP contribution >= 0.6 is 11.6 Å². The second kappa shape index (κ2) is 7.47. The summed E-state index contributed by atoms with van der Waals surface area (Å²) in [6.07, 6.45) is 1.55. The molecule has 5 nitrogen and oxygen atoms in total. The highest BCUT2D eigenvalue weighted by atomic mass is 35.5. The fraction of sp³-hybridized carbons (Fsp3) is 0.222. The van der Waals surface area contributed by atoms with Gasteiger partial charge in [0.25, 0.3) is 0 Å². The standard InChI is InChI=1S/C18H19ClN4O/c1-23-17(21-12-22-23)11-20-18(13-7-3-5-9-15(13)19)14-8-4-6-10-16(14)24-2/h3-10,12,18,20H,11H2,1-2H3. The van der Waals surface area contributed by atoms with Crippen LogP contribution in [0.25, 0.3) is 0 Å². The van der Waals surface area contributed by atoms with E-state index in [0.29, 0.717) is 11.6 Å². The highest BCUT2D eigenvalue weighted by Gasteiger charge is 2.20. The van der Waals surface area contributed by atoms with Crippen molar-refractivity contribution < 1.29 is 4.74 Å². The van der Waals surface area contributed by atoms with Crippen LogP contribution in [-0.2, 0) is 13.6 Å². The first-order chi connectivity index (χ1) is 11.7. The number of halogens is 1. The van der Waals surface area contributed by atoms with Crippen molar-refractivity contribution in [3.63, 3.8) is 0 Å². The van der Waals surface area contributed by atoms with Gasteiger partial charge in [-0.1, -0.05) is 48.0 Å². The summed E-state index contributed by atoms with van der Waals surface area (Å²) in [6.45, 7) is 0.560. The molecule has 1 heterocycles. The summed E-state index contributed by atoms with van der Waals surface area (Å²) in [5.74, 6) is 1.66. The van der Waals surface area contributed by atoms with Crippen molar-refractivity contribution in [3.8, 4) is 5.75 Å². The Hall–Kier alpha value is -2.37. The van der Waals surface area contributed by atoms with Gasteiger partial charge in [0.15, 0.2) is 0 Å². The zero-order valence-corrected chi connectivity index (χ0v) is 14.4. The number of aryl methyl sites for hydroxylation is 1.